The second-order valence-electron chi connectivity index (χ2n) is 5.64. The number of hydrogen-bond acceptors (Lipinski definition) is 6. The fourth-order valence-electron chi connectivity index (χ4n) is 2.52. The van der Waals surface area contributed by atoms with Crippen molar-refractivity contribution in [3.63, 3.8) is 0 Å². The third-order valence-electron chi connectivity index (χ3n) is 3.89. The van der Waals surface area contributed by atoms with Crippen LogP contribution in [-0.2, 0) is 14.8 Å². The highest BCUT2D eigenvalue weighted by atomic mass is 35.5. The summed E-state index contributed by atoms with van der Waals surface area (Å²) in [5.74, 6) is -0.453. The number of benzene rings is 1. The number of sulfonamides is 1. The lowest BCUT2D eigenvalue weighted by Gasteiger charge is -2.23. The Morgan fingerprint density at radius 3 is 2.80 bits per heavy atom. The monoisotopic (exact) mass is 405 g/mol. The van der Waals surface area contributed by atoms with E-state index in [0.717, 1.165) is 36.3 Å². The SMILES string of the molecule is O=S(=O)(Nc1nccs1)c1cc(Cl)c(NCC2CCOCC2)cc1F. The zero-order chi connectivity index (χ0) is 17.9. The van der Waals surface area contributed by atoms with Gasteiger partial charge in [-0.25, -0.2) is 17.8 Å². The average molecular weight is 406 g/mol. The molecule has 3 rings (SSSR count). The molecule has 1 aliphatic rings. The van der Waals surface area contributed by atoms with Crippen molar-refractivity contribution >= 4 is 43.8 Å². The van der Waals surface area contributed by atoms with E-state index in [1.165, 1.54) is 6.20 Å². The molecule has 0 bridgehead atoms. The lowest BCUT2D eigenvalue weighted by Crippen LogP contribution is -2.23. The number of nitrogens with one attached hydrogen (secondary N) is 2. The maximum absolute atomic E-state index is 14.4. The molecule has 0 saturated carbocycles. The van der Waals surface area contributed by atoms with Gasteiger partial charge in [-0.3, -0.25) is 4.72 Å². The van der Waals surface area contributed by atoms with Crippen LogP contribution < -0.4 is 10.0 Å². The van der Waals surface area contributed by atoms with Crippen LogP contribution in [0, 0.1) is 11.7 Å². The van der Waals surface area contributed by atoms with Crippen LogP contribution in [0.25, 0.3) is 0 Å². The van der Waals surface area contributed by atoms with Gasteiger partial charge in [0.25, 0.3) is 10.0 Å². The quantitative estimate of drug-likeness (QED) is 0.767. The first-order chi connectivity index (χ1) is 12.0. The molecule has 0 amide bonds. The first-order valence-electron chi connectivity index (χ1n) is 7.68. The standard InChI is InChI=1S/C15H17ClFN3O3S2/c16-11-7-14(25(21,22)20-15-18-3-6-24-15)12(17)8-13(11)19-9-10-1-4-23-5-2-10/h3,6-8,10,19H,1-2,4-5,9H2,(H,18,20). The van der Waals surface area contributed by atoms with E-state index in [9.17, 15) is 12.8 Å². The molecule has 0 spiro atoms. The third kappa shape index (κ3) is 4.60. The van der Waals surface area contributed by atoms with E-state index in [-0.39, 0.29) is 10.2 Å². The van der Waals surface area contributed by atoms with Gasteiger partial charge in [-0.1, -0.05) is 11.6 Å². The molecule has 0 atom stereocenters. The highest BCUT2D eigenvalue weighted by molar-refractivity contribution is 7.93. The number of anilines is 2. The Labute approximate surface area is 154 Å². The molecule has 6 nitrogen and oxygen atoms in total. The molecule has 1 aromatic carbocycles. The summed E-state index contributed by atoms with van der Waals surface area (Å²) in [6.07, 6.45) is 3.31. The van der Waals surface area contributed by atoms with E-state index < -0.39 is 20.7 Å². The summed E-state index contributed by atoms with van der Waals surface area (Å²) in [5.41, 5.74) is 0.374. The summed E-state index contributed by atoms with van der Waals surface area (Å²) in [6.45, 7) is 2.06. The summed E-state index contributed by atoms with van der Waals surface area (Å²) in [5, 5.41) is 5.02. The van der Waals surface area contributed by atoms with Gasteiger partial charge in [0.15, 0.2) is 5.13 Å². The lowest BCUT2D eigenvalue weighted by atomic mass is 10.0. The number of rotatable bonds is 6. The van der Waals surface area contributed by atoms with Crippen molar-refractivity contribution in [1.29, 1.82) is 0 Å². The van der Waals surface area contributed by atoms with Gasteiger partial charge < -0.3 is 10.1 Å². The first kappa shape index (κ1) is 18.4. The summed E-state index contributed by atoms with van der Waals surface area (Å²) in [7, 11) is -4.09. The predicted molar refractivity (Wildman–Crippen MR) is 96.4 cm³/mol. The molecule has 1 aliphatic heterocycles. The molecular weight excluding hydrogens is 389 g/mol. The van der Waals surface area contributed by atoms with Gasteiger partial charge in [-0.15, -0.1) is 11.3 Å². The van der Waals surface area contributed by atoms with E-state index >= 15 is 0 Å². The number of aromatic nitrogens is 1. The summed E-state index contributed by atoms with van der Waals surface area (Å²) in [6, 6.07) is 2.22. The first-order valence-corrected chi connectivity index (χ1v) is 10.4. The molecular formula is C15H17ClFN3O3S2. The number of halogens is 2. The molecule has 0 aliphatic carbocycles. The van der Waals surface area contributed by atoms with Crippen LogP contribution in [0.1, 0.15) is 12.8 Å². The topological polar surface area (TPSA) is 80.3 Å². The largest absolute Gasteiger partial charge is 0.383 e. The average Bonchev–Trinajstić information content (AvgIpc) is 3.08. The van der Waals surface area contributed by atoms with Crippen molar-refractivity contribution in [1.82, 2.24) is 4.98 Å². The number of hydrogen-bond donors (Lipinski definition) is 2. The van der Waals surface area contributed by atoms with Gasteiger partial charge in [0.2, 0.25) is 0 Å². The molecule has 25 heavy (non-hydrogen) atoms. The number of thiazole rings is 1. The molecule has 0 radical (unpaired) electrons. The Kier molecular flexibility index (Phi) is 5.78. The lowest BCUT2D eigenvalue weighted by molar-refractivity contribution is 0.0699. The van der Waals surface area contributed by atoms with Crippen molar-refractivity contribution in [2.75, 3.05) is 29.8 Å². The van der Waals surface area contributed by atoms with Gasteiger partial charge in [-0.05, 0) is 30.9 Å². The molecule has 2 aromatic rings. The highest BCUT2D eigenvalue weighted by Crippen LogP contribution is 2.30. The van der Waals surface area contributed by atoms with Crippen molar-refractivity contribution in [2.45, 2.75) is 17.7 Å². The zero-order valence-corrected chi connectivity index (χ0v) is 15.6. The highest BCUT2D eigenvalue weighted by Gasteiger charge is 2.23. The Balaban J connectivity index is 1.75. The van der Waals surface area contributed by atoms with Gasteiger partial charge in [0, 0.05) is 31.3 Å². The number of nitrogens with zero attached hydrogens (tertiary/aromatic N) is 1. The Hall–Kier alpha value is -1.42. The summed E-state index contributed by atoms with van der Waals surface area (Å²) >= 11 is 7.25. The molecule has 1 aromatic heterocycles. The van der Waals surface area contributed by atoms with Crippen LogP contribution in [0.5, 0.6) is 0 Å². The summed E-state index contributed by atoms with van der Waals surface area (Å²) < 4.78 is 46.5. The maximum Gasteiger partial charge on any atom is 0.266 e. The molecule has 2 N–H and O–H groups in total. The van der Waals surface area contributed by atoms with E-state index in [1.54, 1.807) is 5.38 Å². The molecule has 2 heterocycles. The van der Waals surface area contributed by atoms with E-state index in [0.29, 0.717) is 31.4 Å². The molecule has 10 heteroatoms. The second kappa shape index (κ2) is 7.86. The second-order valence-corrected chi connectivity index (χ2v) is 8.59. The minimum absolute atomic E-state index is 0.146. The van der Waals surface area contributed by atoms with Gasteiger partial charge >= 0.3 is 0 Å². The molecule has 1 saturated heterocycles. The van der Waals surface area contributed by atoms with Crippen molar-refractivity contribution in [3.8, 4) is 0 Å². The van der Waals surface area contributed by atoms with Gasteiger partial charge in [0.05, 0.1) is 10.7 Å². The van der Waals surface area contributed by atoms with E-state index in [1.807, 2.05) is 0 Å². The fourth-order valence-corrected chi connectivity index (χ4v) is 4.69. The fraction of sp³-hybridized carbons (Fsp3) is 0.400. The van der Waals surface area contributed by atoms with Crippen molar-refractivity contribution in [2.24, 2.45) is 5.92 Å². The minimum atomic E-state index is -4.09. The van der Waals surface area contributed by atoms with Crippen LogP contribution >= 0.6 is 22.9 Å². The van der Waals surface area contributed by atoms with Crippen LogP contribution in [0.4, 0.5) is 15.2 Å². The third-order valence-corrected chi connectivity index (χ3v) is 6.37. The van der Waals surface area contributed by atoms with Crippen LogP contribution in [-0.4, -0.2) is 33.2 Å². The Bertz CT molecular complexity index is 825. The molecule has 0 unspecified atom stereocenters. The van der Waals surface area contributed by atoms with Crippen LogP contribution in [0.3, 0.4) is 0 Å². The summed E-state index contributed by atoms with van der Waals surface area (Å²) in [4.78, 5) is 3.32. The number of ether oxygens (including phenoxy) is 1. The van der Waals surface area contributed by atoms with Gasteiger partial charge in [-0.2, -0.15) is 0 Å². The normalized spacial score (nSPS) is 15.9. The Morgan fingerprint density at radius 1 is 1.36 bits per heavy atom. The maximum atomic E-state index is 14.4. The van der Waals surface area contributed by atoms with E-state index in [4.69, 9.17) is 16.3 Å². The molecule has 1 fully saturated rings. The van der Waals surface area contributed by atoms with Crippen molar-refractivity contribution < 1.29 is 17.5 Å². The van der Waals surface area contributed by atoms with Crippen LogP contribution in [0.2, 0.25) is 5.02 Å². The predicted octanol–water partition coefficient (Wildman–Crippen LogP) is 3.57. The van der Waals surface area contributed by atoms with Crippen LogP contribution in [0.15, 0.2) is 28.6 Å². The van der Waals surface area contributed by atoms with E-state index in [2.05, 4.69) is 15.0 Å². The zero-order valence-electron chi connectivity index (χ0n) is 13.2. The smallest absolute Gasteiger partial charge is 0.266 e. The van der Waals surface area contributed by atoms with Gasteiger partial charge in [0.1, 0.15) is 10.7 Å². The molecule has 136 valence electrons. The Morgan fingerprint density at radius 2 is 2.12 bits per heavy atom. The van der Waals surface area contributed by atoms with Crippen molar-refractivity contribution in [3.05, 3.63) is 34.5 Å². The minimum Gasteiger partial charge on any atom is -0.383 e.